The van der Waals surface area contributed by atoms with E-state index in [1.807, 2.05) is 26.0 Å². The summed E-state index contributed by atoms with van der Waals surface area (Å²) in [7, 11) is 1.63. The summed E-state index contributed by atoms with van der Waals surface area (Å²) >= 11 is 0. The molecule has 0 spiro atoms. The van der Waals surface area contributed by atoms with Gasteiger partial charge in [0.05, 0.1) is 12.8 Å². The Bertz CT molecular complexity index is 1000. The molecule has 0 aliphatic carbocycles. The van der Waals surface area contributed by atoms with Crippen molar-refractivity contribution in [1.29, 1.82) is 0 Å². The summed E-state index contributed by atoms with van der Waals surface area (Å²) in [5, 5.41) is 8.54. The van der Waals surface area contributed by atoms with Gasteiger partial charge in [0.15, 0.2) is 11.4 Å². The van der Waals surface area contributed by atoms with Crippen LogP contribution in [0.1, 0.15) is 47.2 Å². The number of esters is 1. The van der Waals surface area contributed by atoms with E-state index in [9.17, 15) is 9.59 Å². The molecule has 0 atom stereocenters. The van der Waals surface area contributed by atoms with E-state index in [4.69, 9.17) is 4.74 Å². The Balaban J connectivity index is 1.86. The summed E-state index contributed by atoms with van der Waals surface area (Å²) in [6.45, 7) is 7.68. The molecule has 28 heavy (non-hydrogen) atoms. The Morgan fingerprint density at radius 2 is 1.93 bits per heavy atom. The molecule has 0 N–H and O–H groups in total. The van der Waals surface area contributed by atoms with Gasteiger partial charge in [0.25, 0.3) is 0 Å². The number of nitrogens with zero attached hydrogens (tertiary/aromatic N) is 6. The van der Waals surface area contributed by atoms with E-state index in [0.29, 0.717) is 11.6 Å². The maximum Gasteiger partial charge on any atom is 0.342 e. The van der Waals surface area contributed by atoms with E-state index < -0.39 is 5.97 Å². The van der Waals surface area contributed by atoms with Crippen LogP contribution in [-0.4, -0.2) is 55.8 Å². The average molecular weight is 384 g/mol. The third kappa shape index (κ3) is 3.73. The number of ether oxygens (including phenoxy) is 1. The van der Waals surface area contributed by atoms with Gasteiger partial charge in [0.2, 0.25) is 5.95 Å². The third-order valence-electron chi connectivity index (χ3n) is 4.49. The topological polar surface area (TPSA) is 94.6 Å². The van der Waals surface area contributed by atoms with Crippen LogP contribution in [0.15, 0.2) is 24.5 Å². The van der Waals surface area contributed by atoms with Crippen LogP contribution in [0, 0.1) is 0 Å². The minimum absolute atomic E-state index is 0.113. The zero-order chi connectivity index (χ0) is 20.3. The lowest BCUT2D eigenvalue weighted by atomic mass is 10.1. The van der Waals surface area contributed by atoms with Gasteiger partial charge in [-0.2, -0.15) is 10.1 Å². The number of ketones is 1. The predicted molar refractivity (Wildman–Crippen MR) is 104 cm³/mol. The van der Waals surface area contributed by atoms with E-state index in [1.165, 1.54) is 10.9 Å². The molecule has 0 fully saturated rings. The summed E-state index contributed by atoms with van der Waals surface area (Å²) in [6.07, 6.45) is 3.26. The number of aromatic nitrogens is 5. The Kier molecular flexibility index (Phi) is 5.72. The maximum absolute atomic E-state index is 12.8. The number of aryl methyl sites for hydroxylation is 1. The average Bonchev–Trinajstić information content (AvgIpc) is 3.26. The monoisotopic (exact) mass is 384 g/mol. The van der Waals surface area contributed by atoms with Crippen molar-refractivity contribution in [1.82, 2.24) is 24.4 Å². The molecule has 9 nitrogen and oxygen atoms in total. The fourth-order valence-electron chi connectivity index (χ4n) is 3.05. The third-order valence-corrected chi connectivity index (χ3v) is 4.49. The van der Waals surface area contributed by atoms with Crippen molar-refractivity contribution < 1.29 is 14.3 Å². The second-order valence-corrected chi connectivity index (χ2v) is 6.28. The molecule has 3 aromatic heterocycles. The molecule has 0 bridgehead atoms. The van der Waals surface area contributed by atoms with Crippen molar-refractivity contribution in [3.05, 3.63) is 41.3 Å². The minimum Gasteiger partial charge on any atom is -0.462 e. The fourth-order valence-corrected chi connectivity index (χ4v) is 3.05. The number of hydrogen-bond donors (Lipinski definition) is 0. The van der Waals surface area contributed by atoms with Gasteiger partial charge in [-0.1, -0.05) is 6.07 Å². The molecule has 0 unspecified atom stereocenters. The van der Waals surface area contributed by atoms with E-state index in [0.717, 1.165) is 18.7 Å². The summed E-state index contributed by atoms with van der Waals surface area (Å²) < 4.78 is 8.09. The van der Waals surface area contributed by atoms with Crippen molar-refractivity contribution in [2.75, 3.05) is 24.6 Å². The van der Waals surface area contributed by atoms with Crippen LogP contribution in [0.3, 0.4) is 0 Å². The number of anilines is 1. The van der Waals surface area contributed by atoms with E-state index in [-0.39, 0.29) is 30.1 Å². The summed E-state index contributed by atoms with van der Waals surface area (Å²) in [5.41, 5.74) is 1.90. The van der Waals surface area contributed by atoms with Gasteiger partial charge in [-0.15, -0.1) is 5.10 Å². The van der Waals surface area contributed by atoms with Crippen LogP contribution in [0.25, 0.3) is 5.65 Å². The molecule has 0 aliphatic heterocycles. The lowest BCUT2D eigenvalue weighted by Gasteiger charge is -2.14. The van der Waals surface area contributed by atoms with Crippen LogP contribution < -0.4 is 4.90 Å². The van der Waals surface area contributed by atoms with Crippen LogP contribution in [0.4, 0.5) is 5.95 Å². The number of carbonyl (C=O) groups excluding carboxylic acids is 2. The molecule has 0 saturated heterocycles. The Labute approximate surface area is 162 Å². The van der Waals surface area contributed by atoms with Gasteiger partial charge in [-0.05, 0) is 32.4 Å². The molecule has 9 heteroatoms. The molecule has 0 radical (unpaired) electrons. The highest BCUT2D eigenvalue weighted by atomic mass is 16.5. The van der Waals surface area contributed by atoms with Gasteiger partial charge >= 0.3 is 5.97 Å². The fraction of sp³-hybridized carbons (Fsp3) is 0.421. The first-order valence-corrected chi connectivity index (χ1v) is 9.31. The Morgan fingerprint density at radius 3 is 2.61 bits per heavy atom. The van der Waals surface area contributed by atoms with Gasteiger partial charge in [0.1, 0.15) is 11.3 Å². The van der Waals surface area contributed by atoms with Crippen LogP contribution >= 0.6 is 0 Å². The van der Waals surface area contributed by atoms with Gasteiger partial charge in [-0.25, -0.2) is 9.31 Å². The first-order valence-electron chi connectivity index (χ1n) is 9.31. The highest BCUT2D eigenvalue weighted by Gasteiger charge is 2.23. The number of carbonyl (C=O) groups is 2. The first-order chi connectivity index (χ1) is 13.5. The van der Waals surface area contributed by atoms with Crippen molar-refractivity contribution in [3.8, 4) is 0 Å². The molecule has 0 aromatic carbocycles. The lowest BCUT2D eigenvalue weighted by molar-refractivity contribution is 0.0522. The molecule has 3 heterocycles. The van der Waals surface area contributed by atoms with Crippen molar-refractivity contribution in [2.45, 2.75) is 27.2 Å². The Morgan fingerprint density at radius 1 is 1.18 bits per heavy atom. The summed E-state index contributed by atoms with van der Waals surface area (Å²) in [6, 6.07) is 3.67. The molecule has 3 aromatic rings. The first kappa shape index (κ1) is 19.5. The molecular formula is C19H24N6O3. The molecule has 3 rings (SSSR count). The van der Waals surface area contributed by atoms with E-state index in [1.54, 1.807) is 24.7 Å². The number of pyridine rings is 1. The van der Waals surface area contributed by atoms with Crippen LogP contribution in [-0.2, 0) is 18.2 Å². The van der Waals surface area contributed by atoms with Gasteiger partial charge < -0.3 is 9.64 Å². The second-order valence-electron chi connectivity index (χ2n) is 6.28. The normalized spacial score (nSPS) is 11.0. The van der Waals surface area contributed by atoms with Crippen molar-refractivity contribution >= 4 is 23.3 Å². The smallest absolute Gasteiger partial charge is 0.342 e. The zero-order valence-corrected chi connectivity index (χ0v) is 16.5. The molecule has 0 aliphatic rings. The lowest BCUT2D eigenvalue weighted by Crippen LogP contribution is -2.23. The van der Waals surface area contributed by atoms with Crippen LogP contribution in [0.2, 0.25) is 0 Å². The minimum atomic E-state index is -0.547. The number of rotatable bonds is 8. The molecular weight excluding hydrogens is 360 g/mol. The van der Waals surface area contributed by atoms with E-state index >= 15 is 0 Å². The van der Waals surface area contributed by atoms with Crippen molar-refractivity contribution in [2.24, 2.45) is 7.05 Å². The maximum atomic E-state index is 12.8. The molecule has 0 amide bonds. The summed E-state index contributed by atoms with van der Waals surface area (Å²) in [4.78, 5) is 31.5. The summed E-state index contributed by atoms with van der Waals surface area (Å²) in [5.74, 6) is -0.106. The second kappa shape index (κ2) is 8.20. The SMILES string of the molecule is CCOC(=O)c1cnn(C)c1C(=O)Cc1ccc2nc(N(CC)CC)nn2c1. The van der Waals surface area contributed by atoms with Gasteiger partial charge in [-0.3, -0.25) is 9.48 Å². The largest absolute Gasteiger partial charge is 0.462 e. The zero-order valence-electron chi connectivity index (χ0n) is 16.5. The van der Waals surface area contributed by atoms with Crippen LogP contribution in [0.5, 0.6) is 0 Å². The predicted octanol–water partition coefficient (Wildman–Crippen LogP) is 1.91. The quantitative estimate of drug-likeness (QED) is 0.432. The number of fused-ring (bicyclic) bond motifs is 1. The number of hydrogen-bond acceptors (Lipinski definition) is 7. The molecule has 0 saturated carbocycles. The highest BCUT2D eigenvalue weighted by Crippen LogP contribution is 2.16. The van der Waals surface area contributed by atoms with Gasteiger partial charge in [0, 0.05) is 32.8 Å². The Hall–Kier alpha value is -3.23. The number of Topliss-reactive ketones (excluding diaryl/α,β-unsaturated/α-hetero) is 1. The van der Waals surface area contributed by atoms with E-state index in [2.05, 4.69) is 20.1 Å². The van der Waals surface area contributed by atoms with Crippen molar-refractivity contribution in [3.63, 3.8) is 0 Å². The standard InChI is InChI=1S/C19H24N6O3/c1-5-24(6-2)19-21-16-9-8-13(12-25(16)22-19)10-15(26)17-14(11-20-23(17)4)18(27)28-7-3/h8-9,11-12H,5-7,10H2,1-4H3. The highest BCUT2D eigenvalue weighted by molar-refractivity contribution is 6.05. The molecule has 148 valence electrons.